The average molecular weight is 280 g/mol. The monoisotopic (exact) mass is 279 g/mol. The summed E-state index contributed by atoms with van der Waals surface area (Å²) in [6.45, 7) is 7.69. The van der Waals surface area contributed by atoms with Gasteiger partial charge in [0.2, 0.25) is 0 Å². The highest BCUT2D eigenvalue weighted by Gasteiger charge is 2.41. The summed E-state index contributed by atoms with van der Waals surface area (Å²) in [6, 6.07) is 7.13. The van der Waals surface area contributed by atoms with Crippen LogP contribution in [0.2, 0.25) is 5.02 Å². The molecule has 1 aromatic carbocycles. The highest BCUT2D eigenvalue weighted by atomic mass is 35.5. The van der Waals surface area contributed by atoms with Gasteiger partial charge in [-0.1, -0.05) is 31.5 Å². The van der Waals surface area contributed by atoms with E-state index < -0.39 is 0 Å². The van der Waals surface area contributed by atoms with Crippen LogP contribution in [-0.2, 0) is 11.2 Å². The number of ether oxygens (including phenoxy) is 1. The Kier molecular flexibility index (Phi) is 3.36. The Hall–Kier alpha value is -0.570. The highest BCUT2D eigenvalue weighted by Crippen LogP contribution is 2.46. The summed E-state index contributed by atoms with van der Waals surface area (Å²) in [6.07, 6.45) is 2.52. The molecule has 1 N–H and O–H groups in total. The van der Waals surface area contributed by atoms with Gasteiger partial charge in [-0.3, -0.25) is 0 Å². The van der Waals surface area contributed by atoms with Crippen molar-refractivity contribution < 1.29 is 4.74 Å². The van der Waals surface area contributed by atoms with Gasteiger partial charge in [0.25, 0.3) is 0 Å². The smallest absolute Gasteiger partial charge is 0.0700 e. The average Bonchev–Trinajstić information content (AvgIpc) is 2.83. The molecule has 3 heteroatoms. The van der Waals surface area contributed by atoms with Gasteiger partial charge in [-0.15, -0.1) is 0 Å². The molecule has 104 valence electrons. The number of hydrogen-bond acceptors (Lipinski definition) is 2. The van der Waals surface area contributed by atoms with E-state index in [0.717, 1.165) is 24.5 Å². The number of hydrogen-bond donors (Lipinski definition) is 1. The Bertz CT molecular complexity index is 486. The third-order valence-corrected chi connectivity index (χ3v) is 4.84. The molecule has 0 aromatic heterocycles. The van der Waals surface area contributed by atoms with Crippen molar-refractivity contribution in [1.82, 2.24) is 5.32 Å². The van der Waals surface area contributed by atoms with Gasteiger partial charge < -0.3 is 10.1 Å². The lowest BCUT2D eigenvalue weighted by atomic mass is 9.84. The van der Waals surface area contributed by atoms with E-state index >= 15 is 0 Å². The maximum absolute atomic E-state index is 6.17. The van der Waals surface area contributed by atoms with Gasteiger partial charge in [0.15, 0.2) is 0 Å². The first kappa shape index (κ1) is 13.4. The molecule has 3 rings (SSSR count). The SMILES string of the molecule is CC1OCCC1NC1c2cc(Cl)ccc2CC1(C)C. The van der Waals surface area contributed by atoms with Gasteiger partial charge in [-0.05, 0) is 48.4 Å². The van der Waals surface area contributed by atoms with Gasteiger partial charge >= 0.3 is 0 Å². The fourth-order valence-corrected chi connectivity index (χ4v) is 3.67. The molecule has 0 spiro atoms. The van der Waals surface area contributed by atoms with Crippen molar-refractivity contribution in [1.29, 1.82) is 0 Å². The molecule has 1 aliphatic carbocycles. The Morgan fingerprint density at radius 2 is 2.16 bits per heavy atom. The van der Waals surface area contributed by atoms with Crippen LogP contribution in [0.4, 0.5) is 0 Å². The standard InChI is InChI=1S/C16H22ClNO/c1-10-14(6-7-19-10)18-15-13-8-12(17)5-4-11(13)9-16(15,2)3/h4-5,8,10,14-15,18H,6-7,9H2,1-3H3. The van der Waals surface area contributed by atoms with Crippen molar-refractivity contribution in [2.24, 2.45) is 5.41 Å². The Morgan fingerprint density at radius 3 is 2.84 bits per heavy atom. The van der Waals surface area contributed by atoms with E-state index in [4.69, 9.17) is 16.3 Å². The predicted molar refractivity (Wildman–Crippen MR) is 78.6 cm³/mol. The largest absolute Gasteiger partial charge is 0.377 e. The second-order valence-electron chi connectivity index (χ2n) is 6.58. The molecule has 1 fully saturated rings. The van der Waals surface area contributed by atoms with Crippen LogP contribution < -0.4 is 5.32 Å². The minimum absolute atomic E-state index is 0.231. The van der Waals surface area contributed by atoms with Crippen LogP contribution in [0.3, 0.4) is 0 Å². The summed E-state index contributed by atoms with van der Waals surface area (Å²) in [5.41, 5.74) is 3.03. The van der Waals surface area contributed by atoms with Gasteiger partial charge in [0.05, 0.1) is 6.10 Å². The van der Waals surface area contributed by atoms with Crippen LogP contribution in [0.25, 0.3) is 0 Å². The molecular formula is C16H22ClNO. The maximum atomic E-state index is 6.17. The van der Waals surface area contributed by atoms with Crippen molar-refractivity contribution in [2.45, 2.75) is 51.8 Å². The van der Waals surface area contributed by atoms with Crippen LogP contribution in [0.1, 0.15) is 44.4 Å². The lowest BCUT2D eigenvalue weighted by molar-refractivity contribution is 0.105. The minimum atomic E-state index is 0.231. The van der Waals surface area contributed by atoms with Gasteiger partial charge in [-0.2, -0.15) is 0 Å². The molecule has 1 aliphatic heterocycles. The molecule has 19 heavy (non-hydrogen) atoms. The predicted octanol–water partition coefficient (Wildman–Crippen LogP) is 3.73. The van der Waals surface area contributed by atoms with Gasteiger partial charge in [-0.25, -0.2) is 0 Å². The molecule has 2 aliphatic rings. The van der Waals surface area contributed by atoms with Crippen molar-refractivity contribution in [3.05, 3.63) is 34.3 Å². The fraction of sp³-hybridized carbons (Fsp3) is 0.625. The molecule has 3 unspecified atom stereocenters. The van der Waals surface area contributed by atoms with E-state index in [0.29, 0.717) is 18.2 Å². The van der Waals surface area contributed by atoms with Crippen molar-refractivity contribution in [2.75, 3.05) is 6.61 Å². The molecule has 0 saturated carbocycles. The maximum Gasteiger partial charge on any atom is 0.0700 e. The van der Waals surface area contributed by atoms with E-state index in [1.807, 2.05) is 6.07 Å². The molecule has 1 aromatic rings. The molecule has 2 nitrogen and oxygen atoms in total. The molecule has 0 amide bonds. The lowest BCUT2D eigenvalue weighted by Crippen LogP contribution is -2.41. The topological polar surface area (TPSA) is 21.3 Å². The highest BCUT2D eigenvalue weighted by molar-refractivity contribution is 6.30. The third-order valence-electron chi connectivity index (χ3n) is 4.60. The lowest BCUT2D eigenvalue weighted by Gasteiger charge is -2.32. The Labute approximate surface area is 120 Å². The van der Waals surface area contributed by atoms with Crippen LogP contribution in [0.15, 0.2) is 18.2 Å². The molecular weight excluding hydrogens is 258 g/mol. The normalized spacial score (nSPS) is 32.5. The zero-order valence-corrected chi connectivity index (χ0v) is 12.6. The molecule has 3 atom stereocenters. The first-order valence-corrected chi connectivity index (χ1v) is 7.51. The Morgan fingerprint density at radius 1 is 1.37 bits per heavy atom. The third kappa shape index (κ3) is 2.42. The second-order valence-corrected chi connectivity index (χ2v) is 7.02. The van der Waals surface area contributed by atoms with E-state index in [-0.39, 0.29) is 5.41 Å². The number of halogens is 1. The first-order chi connectivity index (χ1) is 8.97. The van der Waals surface area contributed by atoms with Crippen LogP contribution in [0.5, 0.6) is 0 Å². The number of benzene rings is 1. The Balaban J connectivity index is 1.89. The summed E-state index contributed by atoms with van der Waals surface area (Å²) in [5, 5.41) is 4.65. The molecule has 1 saturated heterocycles. The zero-order chi connectivity index (χ0) is 13.6. The van der Waals surface area contributed by atoms with Crippen LogP contribution in [0, 0.1) is 5.41 Å². The molecule has 1 heterocycles. The minimum Gasteiger partial charge on any atom is -0.377 e. The first-order valence-electron chi connectivity index (χ1n) is 7.13. The summed E-state index contributed by atoms with van der Waals surface area (Å²) in [5.74, 6) is 0. The van der Waals surface area contributed by atoms with Gasteiger partial charge in [0.1, 0.15) is 0 Å². The van der Waals surface area contributed by atoms with E-state index in [1.165, 1.54) is 11.1 Å². The second kappa shape index (κ2) is 4.76. The molecule has 0 radical (unpaired) electrons. The van der Waals surface area contributed by atoms with Crippen LogP contribution >= 0.6 is 11.6 Å². The van der Waals surface area contributed by atoms with Gasteiger partial charge in [0, 0.05) is 23.7 Å². The van der Waals surface area contributed by atoms with Crippen LogP contribution in [-0.4, -0.2) is 18.8 Å². The fourth-order valence-electron chi connectivity index (χ4n) is 3.49. The summed E-state index contributed by atoms with van der Waals surface area (Å²) >= 11 is 6.17. The number of rotatable bonds is 2. The van der Waals surface area contributed by atoms with E-state index in [2.05, 4.69) is 38.2 Å². The summed E-state index contributed by atoms with van der Waals surface area (Å²) in [4.78, 5) is 0. The molecule has 0 bridgehead atoms. The van der Waals surface area contributed by atoms with Crippen molar-refractivity contribution in [3.8, 4) is 0 Å². The zero-order valence-electron chi connectivity index (χ0n) is 11.9. The number of nitrogens with one attached hydrogen (secondary N) is 1. The summed E-state index contributed by atoms with van der Waals surface area (Å²) < 4.78 is 5.67. The van der Waals surface area contributed by atoms with Crippen molar-refractivity contribution >= 4 is 11.6 Å². The summed E-state index contributed by atoms with van der Waals surface area (Å²) in [7, 11) is 0. The number of fused-ring (bicyclic) bond motifs is 1. The quantitative estimate of drug-likeness (QED) is 0.891. The van der Waals surface area contributed by atoms with E-state index in [1.54, 1.807) is 0 Å². The van der Waals surface area contributed by atoms with E-state index in [9.17, 15) is 0 Å². The van der Waals surface area contributed by atoms with Crippen molar-refractivity contribution in [3.63, 3.8) is 0 Å².